The van der Waals surface area contributed by atoms with E-state index in [1.807, 2.05) is 37.5 Å². The summed E-state index contributed by atoms with van der Waals surface area (Å²) < 4.78 is 6.94. The van der Waals surface area contributed by atoms with Crippen LogP contribution in [0.2, 0.25) is 0 Å². The zero-order valence-corrected chi connectivity index (χ0v) is 10.9. The number of benzene rings is 1. The summed E-state index contributed by atoms with van der Waals surface area (Å²) in [5, 5.41) is 7.09. The minimum Gasteiger partial charge on any atom is -0.497 e. The largest absolute Gasteiger partial charge is 0.497 e. The third-order valence-corrected chi connectivity index (χ3v) is 3.49. The van der Waals surface area contributed by atoms with E-state index >= 15 is 0 Å². The van der Waals surface area contributed by atoms with Crippen LogP contribution in [0.4, 0.5) is 5.82 Å². The van der Waals surface area contributed by atoms with Crippen molar-refractivity contribution in [1.82, 2.24) is 9.78 Å². The molecule has 0 aliphatic carbocycles. The second-order valence-corrected chi connectivity index (χ2v) is 4.65. The van der Waals surface area contributed by atoms with E-state index in [2.05, 4.69) is 10.4 Å². The van der Waals surface area contributed by atoms with Gasteiger partial charge in [-0.05, 0) is 17.7 Å². The van der Waals surface area contributed by atoms with E-state index in [0.717, 1.165) is 22.7 Å². The number of nitrogens with zero attached hydrogens (tertiary/aromatic N) is 2. The summed E-state index contributed by atoms with van der Waals surface area (Å²) in [5.74, 6) is 1.63. The first kappa shape index (κ1) is 11.8. The van der Waals surface area contributed by atoms with Gasteiger partial charge in [-0.15, -0.1) is 0 Å². The van der Waals surface area contributed by atoms with Crippen molar-refractivity contribution in [3.8, 4) is 5.75 Å². The molecule has 19 heavy (non-hydrogen) atoms. The number of carbonyl (C=O) groups is 1. The number of methoxy groups -OCH3 is 1. The van der Waals surface area contributed by atoms with Crippen molar-refractivity contribution in [3.63, 3.8) is 0 Å². The van der Waals surface area contributed by atoms with Gasteiger partial charge < -0.3 is 10.1 Å². The van der Waals surface area contributed by atoms with Crippen LogP contribution in [0.15, 0.2) is 30.5 Å². The van der Waals surface area contributed by atoms with E-state index in [0.29, 0.717) is 6.42 Å². The third-order valence-electron chi connectivity index (χ3n) is 3.49. The molecular formula is C14H15N3O2. The molecule has 1 aromatic heterocycles. The van der Waals surface area contributed by atoms with Gasteiger partial charge in [-0.3, -0.25) is 9.48 Å². The van der Waals surface area contributed by atoms with E-state index in [1.54, 1.807) is 11.8 Å². The van der Waals surface area contributed by atoms with Crippen molar-refractivity contribution in [3.05, 3.63) is 41.6 Å². The Morgan fingerprint density at radius 2 is 2.32 bits per heavy atom. The standard InChI is InChI=1S/C14H15N3O2/c1-17-14-12(8-15-17)11(7-13(18)16-14)9-4-3-5-10(6-9)19-2/h3-6,8,11H,7H2,1-2H3,(H,16,18)/t11-/m0/s1. The van der Waals surface area contributed by atoms with Crippen LogP contribution in [-0.2, 0) is 11.8 Å². The summed E-state index contributed by atoms with van der Waals surface area (Å²) in [4.78, 5) is 11.8. The average Bonchev–Trinajstić information content (AvgIpc) is 2.80. The van der Waals surface area contributed by atoms with Gasteiger partial charge in [0, 0.05) is 24.9 Å². The van der Waals surface area contributed by atoms with E-state index < -0.39 is 0 Å². The Labute approximate surface area is 111 Å². The summed E-state index contributed by atoms with van der Waals surface area (Å²) in [6.45, 7) is 0. The van der Waals surface area contributed by atoms with E-state index in [-0.39, 0.29) is 11.8 Å². The van der Waals surface area contributed by atoms with Crippen LogP contribution in [0.5, 0.6) is 5.75 Å². The molecule has 1 N–H and O–H groups in total. The highest BCUT2D eigenvalue weighted by molar-refractivity contribution is 5.94. The number of nitrogens with one attached hydrogen (secondary N) is 1. The highest BCUT2D eigenvalue weighted by Crippen LogP contribution is 2.37. The Kier molecular flexibility index (Phi) is 2.74. The van der Waals surface area contributed by atoms with E-state index in [4.69, 9.17) is 4.74 Å². The number of hydrogen-bond donors (Lipinski definition) is 1. The molecule has 5 nitrogen and oxygen atoms in total. The van der Waals surface area contributed by atoms with Crippen LogP contribution in [0.3, 0.4) is 0 Å². The Morgan fingerprint density at radius 1 is 1.47 bits per heavy atom. The van der Waals surface area contributed by atoms with Crippen LogP contribution < -0.4 is 10.1 Å². The second-order valence-electron chi connectivity index (χ2n) is 4.65. The molecule has 1 aliphatic heterocycles. The average molecular weight is 257 g/mol. The quantitative estimate of drug-likeness (QED) is 0.894. The lowest BCUT2D eigenvalue weighted by Crippen LogP contribution is -2.24. The Hall–Kier alpha value is -2.30. The number of rotatable bonds is 2. The second kappa shape index (κ2) is 4.42. The minimum absolute atomic E-state index is 0.0175. The first-order chi connectivity index (χ1) is 9.19. The van der Waals surface area contributed by atoms with Crippen molar-refractivity contribution >= 4 is 11.7 Å². The summed E-state index contributed by atoms with van der Waals surface area (Å²) in [6, 6.07) is 7.83. The molecule has 2 aromatic rings. The lowest BCUT2D eigenvalue weighted by molar-refractivity contribution is -0.116. The fraction of sp³-hybridized carbons (Fsp3) is 0.286. The van der Waals surface area contributed by atoms with Gasteiger partial charge in [-0.25, -0.2) is 0 Å². The predicted octanol–water partition coefficient (Wildman–Crippen LogP) is 1.90. The van der Waals surface area contributed by atoms with Gasteiger partial charge in [0.1, 0.15) is 11.6 Å². The van der Waals surface area contributed by atoms with Gasteiger partial charge >= 0.3 is 0 Å². The molecule has 0 spiro atoms. The van der Waals surface area contributed by atoms with Gasteiger partial charge in [-0.2, -0.15) is 5.10 Å². The molecule has 3 rings (SSSR count). The molecule has 0 radical (unpaired) electrons. The maximum atomic E-state index is 11.8. The van der Waals surface area contributed by atoms with Gasteiger partial charge in [0.05, 0.1) is 13.3 Å². The van der Waals surface area contributed by atoms with E-state index in [1.165, 1.54) is 0 Å². The number of amides is 1. The van der Waals surface area contributed by atoms with Crippen molar-refractivity contribution in [2.45, 2.75) is 12.3 Å². The SMILES string of the molecule is COc1cccc([C@@H]2CC(=O)Nc3c2cnn3C)c1. The first-order valence-electron chi connectivity index (χ1n) is 6.14. The van der Waals surface area contributed by atoms with Crippen molar-refractivity contribution in [1.29, 1.82) is 0 Å². The molecule has 0 bridgehead atoms. The number of ether oxygens (including phenoxy) is 1. The highest BCUT2D eigenvalue weighted by Gasteiger charge is 2.29. The zero-order chi connectivity index (χ0) is 13.4. The Morgan fingerprint density at radius 3 is 3.11 bits per heavy atom. The summed E-state index contributed by atoms with van der Waals surface area (Å²) in [6.07, 6.45) is 2.25. The Balaban J connectivity index is 2.07. The molecule has 2 heterocycles. The summed E-state index contributed by atoms with van der Waals surface area (Å²) in [7, 11) is 3.47. The fourth-order valence-corrected chi connectivity index (χ4v) is 2.50. The molecular weight excluding hydrogens is 242 g/mol. The predicted molar refractivity (Wildman–Crippen MR) is 71.3 cm³/mol. The number of aryl methyl sites for hydroxylation is 1. The number of fused-ring (bicyclic) bond motifs is 1. The van der Waals surface area contributed by atoms with Crippen LogP contribution in [-0.4, -0.2) is 22.8 Å². The smallest absolute Gasteiger partial charge is 0.226 e. The third kappa shape index (κ3) is 1.97. The summed E-state index contributed by atoms with van der Waals surface area (Å²) >= 11 is 0. The molecule has 1 atom stereocenters. The van der Waals surface area contributed by atoms with Crippen LogP contribution in [0.1, 0.15) is 23.5 Å². The van der Waals surface area contributed by atoms with Gasteiger partial charge in [-0.1, -0.05) is 12.1 Å². The minimum atomic E-state index is 0.0175. The van der Waals surface area contributed by atoms with Crippen LogP contribution in [0, 0.1) is 0 Å². The van der Waals surface area contributed by atoms with Crippen molar-refractivity contribution in [2.24, 2.45) is 7.05 Å². The number of hydrogen-bond acceptors (Lipinski definition) is 3. The highest BCUT2D eigenvalue weighted by atomic mass is 16.5. The molecule has 1 amide bonds. The maximum Gasteiger partial charge on any atom is 0.226 e. The van der Waals surface area contributed by atoms with Crippen LogP contribution >= 0.6 is 0 Å². The number of anilines is 1. The molecule has 0 saturated heterocycles. The molecule has 0 fully saturated rings. The summed E-state index contributed by atoms with van der Waals surface area (Å²) in [5.41, 5.74) is 2.12. The van der Waals surface area contributed by atoms with Gasteiger partial charge in [0.25, 0.3) is 0 Å². The molecule has 0 saturated carbocycles. The zero-order valence-electron chi connectivity index (χ0n) is 10.9. The normalized spacial score (nSPS) is 17.8. The molecule has 0 unspecified atom stereocenters. The van der Waals surface area contributed by atoms with Gasteiger partial charge in [0.2, 0.25) is 5.91 Å². The number of carbonyl (C=O) groups excluding carboxylic acids is 1. The van der Waals surface area contributed by atoms with Gasteiger partial charge in [0.15, 0.2) is 0 Å². The van der Waals surface area contributed by atoms with E-state index in [9.17, 15) is 4.79 Å². The molecule has 1 aliphatic rings. The lowest BCUT2D eigenvalue weighted by atomic mass is 9.87. The van der Waals surface area contributed by atoms with Crippen molar-refractivity contribution < 1.29 is 9.53 Å². The monoisotopic (exact) mass is 257 g/mol. The molecule has 1 aromatic carbocycles. The maximum absolute atomic E-state index is 11.8. The van der Waals surface area contributed by atoms with Crippen molar-refractivity contribution in [2.75, 3.05) is 12.4 Å². The first-order valence-corrected chi connectivity index (χ1v) is 6.14. The van der Waals surface area contributed by atoms with Crippen LogP contribution in [0.25, 0.3) is 0 Å². The fourth-order valence-electron chi connectivity index (χ4n) is 2.50. The topological polar surface area (TPSA) is 56.1 Å². The lowest BCUT2D eigenvalue weighted by Gasteiger charge is -2.23. The molecule has 5 heteroatoms. The molecule has 98 valence electrons. The number of aromatic nitrogens is 2. The Bertz CT molecular complexity index is 633.